The summed E-state index contributed by atoms with van der Waals surface area (Å²) in [5, 5.41) is 1.16. The molecule has 5 heteroatoms. The lowest BCUT2D eigenvalue weighted by molar-refractivity contribution is 0.106. The lowest BCUT2D eigenvalue weighted by Crippen LogP contribution is -2.09. The van der Waals surface area contributed by atoms with Crippen molar-refractivity contribution in [2.75, 3.05) is 7.11 Å². The summed E-state index contributed by atoms with van der Waals surface area (Å²) >= 11 is 5.57. The standard InChI is InChI=1S/C16H17N3OS/c1-20-11-7-6-10(8-11)19-15-12-4-2-3-5-13(12)17-9-14(15)18-16(19)21/h2-5,9-11H,6-8H2,1H3,(H,18,21). The number of nitrogens with zero attached hydrogens (tertiary/aromatic N) is 2. The third-order valence-electron chi connectivity index (χ3n) is 4.50. The van der Waals surface area contributed by atoms with E-state index in [1.165, 1.54) is 5.52 Å². The number of rotatable bonds is 2. The number of H-pyrrole nitrogens is 1. The van der Waals surface area contributed by atoms with Crippen molar-refractivity contribution in [1.29, 1.82) is 0 Å². The van der Waals surface area contributed by atoms with Crippen LogP contribution in [0, 0.1) is 4.77 Å². The molecule has 1 aliphatic rings. The highest BCUT2D eigenvalue weighted by molar-refractivity contribution is 7.71. The maximum Gasteiger partial charge on any atom is 0.178 e. The van der Waals surface area contributed by atoms with E-state index >= 15 is 0 Å². The van der Waals surface area contributed by atoms with E-state index in [0.29, 0.717) is 12.1 Å². The van der Waals surface area contributed by atoms with E-state index in [-0.39, 0.29) is 0 Å². The number of fused-ring (bicyclic) bond motifs is 3. The van der Waals surface area contributed by atoms with E-state index in [9.17, 15) is 0 Å². The molecule has 0 aliphatic heterocycles. The molecule has 21 heavy (non-hydrogen) atoms. The predicted octanol–water partition coefficient (Wildman–Crippen LogP) is 3.99. The van der Waals surface area contributed by atoms with Crippen molar-refractivity contribution in [3.05, 3.63) is 35.2 Å². The van der Waals surface area contributed by atoms with Crippen molar-refractivity contribution >= 4 is 34.2 Å². The zero-order valence-corrected chi connectivity index (χ0v) is 12.7. The van der Waals surface area contributed by atoms with E-state index in [1.807, 2.05) is 18.3 Å². The molecule has 1 saturated carbocycles. The number of aromatic amines is 1. The van der Waals surface area contributed by atoms with Gasteiger partial charge in [0, 0.05) is 18.5 Å². The van der Waals surface area contributed by atoms with Gasteiger partial charge in [-0.25, -0.2) is 0 Å². The van der Waals surface area contributed by atoms with Gasteiger partial charge in [-0.15, -0.1) is 0 Å². The molecule has 3 aromatic rings. The first kappa shape index (κ1) is 13.0. The van der Waals surface area contributed by atoms with Crippen LogP contribution in [-0.2, 0) is 4.74 Å². The molecule has 0 bridgehead atoms. The number of para-hydroxylation sites is 1. The van der Waals surface area contributed by atoms with Gasteiger partial charge < -0.3 is 14.3 Å². The summed E-state index contributed by atoms with van der Waals surface area (Å²) in [5.41, 5.74) is 3.20. The molecule has 0 saturated heterocycles. The first-order valence-electron chi connectivity index (χ1n) is 7.28. The van der Waals surface area contributed by atoms with Crippen LogP contribution in [0.4, 0.5) is 0 Å². The normalized spacial score (nSPS) is 22.3. The van der Waals surface area contributed by atoms with Gasteiger partial charge in [-0.1, -0.05) is 18.2 Å². The van der Waals surface area contributed by atoms with Crippen LogP contribution in [0.1, 0.15) is 25.3 Å². The molecule has 4 rings (SSSR count). The molecule has 0 radical (unpaired) electrons. The lowest BCUT2D eigenvalue weighted by atomic mass is 10.1. The van der Waals surface area contributed by atoms with E-state index in [4.69, 9.17) is 17.0 Å². The Hall–Kier alpha value is -1.72. The minimum atomic E-state index is 0.343. The maximum absolute atomic E-state index is 5.57. The van der Waals surface area contributed by atoms with Crippen molar-refractivity contribution in [1.82, 2.24) is 14.5 Å². The second-order valence-corrected chi connectivity index (χ2v) is 6.05. The number of nitrogens with one attached hydrogen (secondary N) is 1. The molecular weight excluding hydrogens is 282 g/mol. The average molecular weight is 299 g/mol. The molecule has 0 spiro atoms. The summed E-state index contributed by atoms with van der Waals surface area (Å²) in [5.74, 6) is 0. The number of aromatic nitrogens is 3. The highest BCUT2D eigenvalue weighted by Gasteiger charge is 2.27. The number of methoxy groups -OCH3 is 1. The number of benzene rings is 1. The van der Waals surface area contributed by atoms with Crippen LogP contribution in [0.25, 0.3) is 21.9 Å². The zero-order valence-electron chi connectivity index (χ0n) is 11.9. The Bertz CT molecular complexity index is 867. The second-order valence-electron chi connectivity index (χ2n) is 5.66. The van der Waals surface area contributed by atoms with Gasteiger partial charge in [-0.05, 0) is 37.5 Å². The van der Waals surface area contributed by atoms with Crippen LogP contribution in [-0.4, -0.2) is 27.7 Å². The first-order chi connectivity index (χ1) is 10.3. The van der Waals surface area contributed by atoms with Crippen LogP contribution < -0.4 is 0 Å². The maximum atomic E-state index is 5.57. The third-order valence-corrected chi connectivity index (χ3v) is 4.80. The van der Waals surface area contributed by atoms with Crippen molar-refractivity contribution in [3.63, 3.8) is 0 Å². The molecule has 0 amide bonds. The third kappa shape index (κ3) is 2.00. The summed E-state index contributed by atoms with van der Waals surface area (Å²) in [6.45, 7) is 0. The van der Waals surface area contributed by atoms with Crippen molar-refractivity contribution in [2.45, 2.75) is 31.4 Å². The minimum Gasteiger partial charge on any atom is -0.381 e. The predicted molar refractivity (Wildman–Crippen MR) is 86.1 cm³/mol. The fraction of sp³-hybridized carbons (Fsp3) is 0.375. The molecule has 2 unspecified atom stereocenters. The molecule has 2 atom stereocenters. The summed E-state index contributed by atoms with van der Waals surface area (Å²) in [6, 6.07) is 8.63. The van der Waals surface area contributed by atoms with E-state index in [0.717, 1.165) is 40.5 Å². The number of pyridine rings is 1. The van der Waals surface area contributed by atoms with Crippen LogP contribution in [0.3, 0.4) is 0 Å². The number of ether oxygens (including phenoxy) is 1. The van der Waals surface area contributed by atoms with Gasteiger partial charge in [-0.2, -0.15) is 0 Å². The summed E-state index contributed by atoms with van der Waals surface area (Å²) < 4.78 is 8.56. The Kier molecular flexibility index (Phi) is 3.05. The zero-order chi connectivity index (χ0) is 14.4. The molecule has 1 aromatic carbocycles. The SMILES string of the molecule is COC1CCC(n2c(=S)[nH]c3cnc4ccccc4c32)C1. The Morgan fingerprint density at radius 1 is 1.33 bits per heavy atom. The van der Waals surface area contributed by atoms with Crippen molar-refractivity contribution in [2.24, 2.45) is 0 Å². The van der Waals surface area contributed by atoms with Gasteiger partial charge >= 0.3 is 0 Å². The van der Waals surface area contributed by atoms with Crippen LogP contribution in [0.15, 0.2) is 30.5 Å². The van der Waals surface area contributed by atoms with Gasteiger partial charge in [-0.3, -0.25) is 4.98 Å². The molecule has 1 aliphatic carbocycles. The van der Waals surface area contributed by atoms with Gasteiger partial charge in [0.1, 0.15) is 0 Å². The van der Waals surface area contributed by atoms with Crippen LogP contribution >= 0.6 is 12.2 Å². The van der Waals surface area contributed by atoms with Gasteiger partial charge in [0.05, 0.1) is 28.9 Å². The highest BCUT2D eigenvalue weighted by atomic mass is 32.1. The number of hydrogen-bond donors (Lipinski definition) is 1. The molecule has 1 N–H and O–H groups in total. The molecule has 108 valence electrons. The fourth-order valence-electron chi connectivity index (χ4n) is 3.47. The van der Waals surface area contributed by atoms with Gasteiger partial charge in [0.15, 0.2) is 4.77 Å². The second kappa shape index (κ2) is 4.93. The molecule has 4 nitrogen and oxygen atoms in total. The number of imidazole rings is 1. The molecule has 1 fully saturated rings. The summed E-state index contributed by atoms with van der Waals surface area (Å²) in [7, 11) is 1.79. The minimum absolute atomic E-state index is 0.343. The Labute approximate surface area is 127 Å². The topological polar surface area (TPSA) is 42.8 Å². The van der Waals surface area contributed by atoms with Crippen LogP contribution in [0.5, 0.6) is 0 Å². The fourth-order valence-corrected chi connectivity index (χ4v) is 3.82. The van der Waals surface area contributed by atoms with Crippen LogP contribution in [0.2, 0.25) is 0 Å². The monoisotopic (exact) mass is 299 g/mol. The average Bonchev–Trinajstić information content (AvgIpc) is 3.10. The van der Waals surface area contributed by atoms with E-state index in [2.05, 4.69) is 26.7 Å². The van der Waals surface area contributed by atoms with Crippen molar-refractivity contribution < 1.29 is 4.74 Å². The lowest BCUT2D eigenvalue weighted by Gasteiger charge is -2.14. The highest BCUT2D eigenvalue weighted by Crippen LogP contribution is 2.35. The first-order valence-corrected chi connectivity index (χ1v) is 7.69. The summed E-state index contributed by atoms with van der Waals surface area (Å²) in [6.07, 6.45) is 5.45. The Morgan fingerprint density at radius 3 is 3.00 bits per heavy atom. The van der Waals surface area contributed by atoms with Gasteiger partial charge in [0.2, 0.25) is 0 Å². The Balaban J connectivity index is 1.98. The molecule has 2 aromatic heterocycles. The van der Waals surface area contributed by atoms with E-state index in [1.54, 1.807) is 7.11 Å². The molecular formula is C16H17N3OS. The number of hydrogen-bond acceptors (Lipinski definition) is 3. The Morgan fingerprint density at radius 2 is 2.19 bits per heavy atom. The van der Waals surface area contributed by atoms with Gasteiger partial charge in [0.25, 0.3) is 0 Å². The van der Waals surface area contributed by atoms with Crippen molar-refractivity contribution in [3.8, 4) is 0 Å². The smallest absolute Gasteiger partial charge is 0.178 e. The quantitative estimate of drug-likeness (QED) is 0.728. The summed E-state index contributed by atoms with van der Waals surface area (Å²) in [4.78, 5) is 7.81. The molecule has 2 heterocycles. The van der Waals surface area contributed by atoms with E-state index < -0.39 is 0 Å². The largest absolute Gasteiger partial charge is 0.381 e.